The van der Waals surface area contributed by atoms with Crippen molar-refractivity contribution in [3.8, 4) is 0 Å². The Morgan fingerprint density at radius 1 is 1.50 bits per heavy atom. The highest BCUT2D eigenvalue weighted by Crippen LogP contribution is 1.98. The largest absolute Gasteiger partial charge is 0.357 e. The maximum Gasteiger partial charge on any atom is 0.151 e. The summed E-state index contributed by atoms with van der Waals surface area (Å²) in [7, 11) is 2.03. The minimum atomic E-state index is 0.858. The normalized spacial score (nSPS) is 10.9. The Morgan fingerprint density at radius 3 is 3.00 bits per heavy atom. The lowest BCUT2D eigenvalue weighted by Gasteiger charge is -2.00. The molecule has 16 heavy (non-hydrogen) atoms. The average Bonchev–Trinajstić information content (AvgIpc) is 2.83. The number of aromatic amines is 1. The van der Waals surface area contributed by atoms with E-state index in [4.69, 9.17) is 0 Å². The Bertz CT molecular complexity index is 400. The van der Waals surface area contributed by atoms with Gasteiger partial charge in [-0.1, -0.05) is 0 Å². The van der Waals surface area contributed by atoms with Gasteiger partial charge in [-0.15, -0.1) is 0 Å². The molecule has 2 rings (SSSR count). The zero-order chi connectivity index (χ0) is 11.4. The number of hydrogen-bond donors (Lipinski definition) is 2. The van der Waals surface area contributed by atoms with Gasteiger partial charge in [0.1, 0.15) is 5.82 Å². The van der Waals surface area contributed by atoms with E-state index in [0.29, 0.717) is 0 Å². The first-order chi connectivity index (χ1) is 7.74. The second kappa shape index (κ2) is 4.94. The first kappa shape index (κ1) is 10.9. The van der Waals surface area contributed by atoms with Crippen LogP contribution in [0, 0.1) is 6.92 Å². The SMILES string of the molecule is Cc1nc(CCNCc2ccn(C)c2)n[nH]1. The summed E-state index contributed by atoms with van der Waals surface area (Å²) in [4.78, 5) is 4.25. The lowest BCUT2D eigenvalue weighted by Crippen LogP contribution is -2.16. The third-order valence-electron chi connectivity index (χ3n) is 2.39. The summed E-state index contributed by atoms with van der Waals surface area (Å²) in [6.07, 6.45) is 5.02. The molecule has 2 aromatic heterocycles. The molecule has 86 valence electrons. The molecule has 0 aliphatic carbocycles. The smallest absolute Gasteiger partial charge is 0.151 e. The van der Waals surface area contributed by atoms with Crippen LogP contribution in [0.1, 0.15) is 17.2 Å². The Hall–Kier alpha value is -1.62. The second-order valence-corrected chi connectivity index (χ2v) is 3.95. The molecule has 0 saturated heterocycles. The van der Waals surface area contributed by atoms with Crippen molar-refractivity contribution in [2.45, 2.75) is 19.9 Å². The molecule has 5 nitrogen and oxygen atoms in total. The number of nitrogens with one attached hydrogen (secondary N) is 2. The standard InChI is InChI=1S/C11H17N5/c1-9-13-11(15-14-9)3-5-12-7-10-4-6-16(2)8-10/h4,6,8,12H,3,5,7H2,1-2H3,(H,13,14,15). The second-order valence-electron chi connectivity index (χ2n) is 3.95. The maximum absolute atomic E-state index is 4.25. The van der Waals surface area contributed by atoms with Crippen LogP contribution < -0.4 is 5.32 Å². The first-order valence-electron chi connectivity index (χ1n) is 5.43. The Morgan fingerprint density at radius 2 is 2.38 bits per heavy atom. The van der Waals surface area contributed by atoms with Crippen molar-refractivity contribution in [1.82, 2.24) is 25.1 Å². The summed E-state index contributed by atoms with van der Waals surface area (Å²) in [5.41, 5.74) is 1.30. The predicted molar refractivity (Wildman–Crippen MR) is 61.9 cm³/mol. The molecule has 0 aliphatic heterocycles. The van der Waals surface area contributed by atoms with Gasteiger partial charge >= 0.3 is 0 Å². The van der Waals surface area contributed by atoms with Gasteiger partial charge in [-0.05, 0) is 18.6 Å². The summed E-state index contributed by atoms with van der Waals surface area (Å²) in [5.74, 6) is 1.75. The fourth-order valence-electron chi connectivity index (χ4n) is 1.60. The molecule has 0 atom stereocenters. The average molecular weight is 219 g/mol. The van der Waals surface area contributed by atoms with E-state index in [-0.39, 0.29) is 0 Å². The van der Waals surface area contributed by atoms with Gasteiger partial charge in [0.05, 0.1) is 0 Å². The van der Waals surface area contributed by atoms with E-state index in [1.54, 1.807) is 0 Å². The molecule has 2 heterocycles. The predicted octanol–water partition coefficient (Wildman–Crippen LogP) is 0.784. The third-order valence-corrected chi connectivity index (χ3v) is 2.39. The molecule has 2 aromatic rings. The van der Waals surface area contributed by atoms with Crippen LogP contribution in [0.2, 0.25) is 0 Å². The molecular weight excluding hydrogens is 202 g/mol. The number of aromatic nitrogens is 4. The van der Waals surface area contributed by atoms with Gasteiger partial charge < -0.3 is 9.88 Å². The molecule has 0 unspecified atom stereocenters. The van der Waals surface area contributed by atoms with Crippen molar-refractivity contribution in [2.24, 2.45) is 7.05 Å². The number of rotatable bonds is 5. The monoisotopic (exact) mass is 219 g/mol. The zero-order valence-corrected chi connectivity index (χ0v) is 9.70. The van der Waals surface area contributed by atoms with Gasteiger partial charge in [0.25, 0.3) is 0 Å². The Balaban J connectivity index is 1.69. The molecule has 0 saturated carbocycles. The molecule has 0 aromatic carbocycles. The summed E-state index contributed by atoms with van der Waals surface area (Å²) in [5, 5.41) is 10.3. The van der Waals surface area contributed by atoms with Gasteiger partial charge in [0.15, 0.2) is 5.82 Å². The first-order valence-corrected chi connectivity index (χ1v) is 5.43. The van der Waals surface area contributed by atoms with Crippen molar-refractivity contribution in [1.29, 1.82) is 0 Å². The molecule has 0 bridgehead atoms. The zero-order valence-electron chi connectivity index (χ0n) is 9.70. The minimum Gasteiger partial charge on any atom is -0.357 e. The van der Waals surface area contributed by atoms with E-state index >= 15 is 0 Å². The van der Waals surface area contributed by atoms with E-state index in [1.807, 2.05) is 14.0 Å². The van der Waals surface area contributed by atoms with Crippen molar-refractivity contribution in [3.05, 3.63) is 35.7 Å². The third kappa shape index (κ3) is 2.93. The van der Waals surface area contributed by atoms with Crippen LogP contribution in [0.15, 0.2) is 18.5 Å². The Kier molecular flexibility index (Phi) is 3.36. The van der Waals surface area contributed by atoms with Gasteiger partial charge in [0.2, 0.25) is 0 Å². The summed E-state index contributed by atoms with van der Waals surface area (Å²) in [6, 6.07) is 2.12. The van der Waals surface area contributed by atoms with Crippen LogP contribution in [0.25, 0.3) is 0 Å². The minimum absolute atomic E-state index is 0.858. The van der Waals surface area contributed by atoms with E-state index < -0.39 is 0 Å². The number of H-pyrrole nitrogens is 1. The van der Waals surface area contributed by atoms with Gasteiger partial charge in [-0.3, -0.25) is 5.10 Å². The van der Waals surface area contributed by atoms with Gasteiger partial charge in [-0.25, -0.2) is 4.98 Å². The van der Waals surface area contributed by atoms with E-state index in [2.05, 4.69) is 43.5 Å². The topological polar surface area (TPSA) is 58.5 Å². The molecule has 0 amide bonds. The summed E-state index contributed by atoms with van der Waals surface area (Å²) < 4.78 is 2.05. The highest BCUT2D eigenvalue weighted by molar-refractivity contribution is 5.09. The van der Waals surface area contributed by atoms with Crippen molar-refractivity contribution in [3.63, 3.8) is 0 Å². The fourth-order valence-corrected chi connectivity index (χ4v) is 1.60. The van der Waals surface area contributed by atoms with Crippen molar-refractivity contribution in [2.75, 3.05) is 6.54 Å². The maximum atomic E-state index is 4.25. The lowest BCUT2D eigenvalue weighted by atomic mass is 10.3. The molecule has 0 radical (unpaired) electrons. The summed E-state index contributed by atoms with van der Waals surface area (Å²) in [6.45, 7) is 3.70. The van der Waals surface area contributed by atoms with Crippen LogP contribution in [0.4, 0.5) is 0 Å². The highest BCUT2D eigenvalue weighted by Gasteiger charge is 1.99. The highest BCUT2D eigenvalue weighted by atomic mass is 15.2. The number of nitrogens with zero attached hydrogens (tertiary/aromatic N) is 3. The van der Waals surface area contributed by atoms with Gasteiger partial charge in [-0.2, -0.15) is 5.10 Å². The Labute approximate surface area is 94.9 Å². The number of hydrogen-bond acceptors (Lipinski definition) is 3. The van der Waals surface area contributed by atoms with E-state index in [9.17, 15) is 0 Å². The number of aryl methyl sites for hydroxylation is 2. The van der Waals surface area contributed by atoms with E-state index in [0.717, 1.165) is 31.2 Å². The van der Waals surface area contributed by atoms with Crippen LogP contribution >= 0.6 is 0 Å². The van der Waals surface area contributed by atoms with Crippen molar-refractivity contribution < 1.29 is 0 Å². The van der Waals surface area contributed by atoms with Crippen molar-refractivity contribution >= 4 is 0 Å². The van der Waals surface area contributed by atoms with Crippen LogP contribution in [0.3, 0.4) is 0 Å². The molecule has 2 N–H and O–H groups in total. The molecule has 0 spiro atoms. The lowest BCUT2D eigenvalue weighted by molar-refractivity contribution is 0.671. The van der Waals surface area contributed by atoms with Gasteiger partial charge in [0, 0.05) is 39.0 Å². The summed E-state index contributed by atoms with van der Waals surface area (Å²) >= 11 is 0. The fraction of sp³-hybridized carbons (Fsp3) is 0.455. The van der Waals surface area contributed by atoms with Crippen LogP contribution in [0.5, 0.6) is 0 Å². The van der Waals surface area contributed by atoms with Crippen LogP contribution in [-0.4, -0.2) is 26.3 Å². The molecule has 5 heteroatoms. The molecular formula is C11H17N5. The van der Waals surface area contributed by atoms with Crippen LogP contribution in [-0.2, 0) is 20.0 Å². The van der Waals surface area contributed by atoms with E-state index in [1.165, 1.54) is 5.56 Å². The molecule has 0 aliphatic rings. The molecule has 0 fully saturated rings. The quantitative estimate of drug-likeness (QED) is 0.731.